The first kappa shape index (κ1) is 18.2. The molecular weight excluding hydrogens is 270 g/mol. The average Bonchev–Trinajstić information content (AvgIpc) is 2.50. The zero-order chi connectivity index (χ0) is 16.5. The molecule has 1 atom stereocenters. The third kappa shape index (κ3) is 5.15. The minimum Gasteiger partial charge on any atom is -0.444 e. The van der Waals surface area contributed by atoms with Crippen LogP contribution in [-0.4, -0.2) is 48.7 Å². The number of ether oxygens (including phenoxy) is 3. The second-order valence-corrected chi connectivity index (χ2v) is 8.06. The van der Waals surface area contributed by atoms with Gasteiger partial charge in [0, 0.05) is 7.11 Å². The van der Waals surface area contributed by atoms with E-state index >= 15 is 0 Å². The Morgan fingerprint density at radius 1 is 1.29 bits per heavy atom. The van der Waals surface area contributed by atoms with Crippen LogP contribution in [0.3, 0.4) is 0 Å². The summed E-state index contributed by atoms with van der Waals surface area (Å²) in [5.41, 5.74) is -1.18. The van der Waals surface area contributed by atoms with Crippen LogP contribution in [0, 0.1) is 5.41 Å². The minimum atomic E-state index is -0.643. The van der Waals surface area contributed by atoms with Crippen LogP contribution < -0.4 is 0 Å². The molecule has 124 valence electrons. The first-order valence-corrected chi connectivity index (χ1v) is 7.53. The van der Waals surface area contributed by atoms with Gasteiger partial charge in [-0.1, -0.05) is 13.8 Å². The van der Waals surface area contributed by atoms with Crippen molar-refractivity contribution in [3.05, 3.63) is 0 Å². The van der Waals surface area contributed by atoms with Gasteiger partial charge < -0.3 is 14.2 Å². The van der Waals surface area contributed by atoms with E-state index in [1.165, 1.54) is 0 Å². The molecule has 1 amide bonds. The van der Waals surface area contributed by atoms with Crippen LogP contribution in [0.25, 0.3) is 0 Å². The smallest absolute Gasteiger partial charge is 0.412 e. The van der Waals surface area contributed by atoms with Crippen LogP contribution >= 0.6 is 0 Å². The highest BCUT2D eigenvalue weighted by Gasteiger charge is 2.47. The molecule has 21 heavy (non-hydrogen) atoms. The molecule has 0 saturated carbocycles. The number of carbonyl (C=O) groups excluding carboxylic acids is 1. The number of methoxy groups -OCH3 is 1. The molecule has 5 heteroatoms. The van der Waals surface area contributed by atoms with E-state index in [0.29, 0.717) is 13.2 Å². The molecule has 5 nitrogen and oxygen atoms in total. The third-order valence-electron chi connectivity index (χ3n) is 3.49. The zero-order valence-electron chi connectivity index (χ0n) is 14.8. The Balaban J connectivity index is 2.87. The van der Waals surface area contributed by atoms with Crippen LogP contribution in [0.2, 0.25) is 0 Å². The molecule has 0 aromatic heterocycles. The van der Waals surface area contributed by atoms with Crippen LogP contribution in [0.15, 0.2) is 0 Å². The molecule has 1 saturated heterocycles. The quantitative estimate of drug-likeness (QED) is 0.798. The normalized spacial score (nSPS) is 22.5. The van der Waals surface area contributed by atoms with Crippen molar-refractivity contribution >= 4 is 6.09 Å². The standard InChI is InChI=1S/C16H31NO4/c1-14(2,3)21-13(18)17-12(10-20-16(17,6)7)9-15(4,5)11-19-8/h12H,9-11H2,1-8H3. The minimum absolute atomic E-state index is 0.000000000000000444. The van der Waals surface area contributed by atoms with E-state index in [2.05, 4.69) is 13.8 Å². The van der Waals surface area contributed by atoms with Gasteiger partial charge in [0.1, 0.15) is 11.3 Å². The monoisotopic (exact) mass is 301 g/mol. The fourth-order valence-electron chi connectivity index (χ4n) is 2.80. The summed E-state index contributed by atoms with van der Waals surface area (Å²) < 4.78 is 16.6. The topological polar surface area (TPSA) is 48.0 Å². The highest BCUT2D eigenvalue weighted by Crippen LogP contribution is 2.35. The number of hydrogen-bond acceptors (Lipinski definition) is 4. The van der Waals surface area contributed by atoms with Gasteiger partial charge in [0.05, 0.1) is 19.3 Å². The molecule has 0 aliphatic carbocycles. The van der Waals surface area contributed by atoms with Gasteiger partial charge in [-0.05, 0) is 46.5 Å². The molecule has 0 radical (unpaired) electrons. The molecule has 0 aromatic rings. The number of carbonyl (C=O) groups is 1. The van der Waals surface area contributed by atoms with Gasteiger partial charge in [-0.15, -0.1) is 0 Å². The van der Waals surface area contributed by atoms with Gasteiger partial charge in [0.2, 0.25) is 0 Å². The first-order chi connectivity index (χ1) is 9.38. The predicted molar refractivity (Wildman–Crippen MR) is 82.2 cm³/mol. The van der Waals surface area contributed by atoms with E-state index in [1.807, 2.05) is 34.6 Å². The molecule has 1 heterocycles. The van der Waals surface area contributed by atoms with Gasteiger partial charge >= 0.3 is 6.09 Å². The Hall–Kier alpha value is -0.810. The molecule has 1 aliphatic rings. The van der Waals surface area contributed by atoms with Gasteiger partial charge in [0.25, 0.3) is 0 Å². The molecule has 1 unspecified atom stereocenters. The molecule has 0 bridgehead atoms. The molecule has 1 rings (SSSR count). The lowest BCUT2D eigenvalue weighted by Gasteiger charge is -2.37. The lowest BCUT2D eigenvalue weighted by atomic mass is 9.86. The largest absolute Gasteiger partial charge is 0.444 e. The van der Waals surface area contributed by atoms with Crippen LogP contribution in [0.4, 0.5) is 4.79 Å². The number of rotatable bonds is 4. The predicted octanol–water partition coefficient (Wildman–Crippen LogP) is 3.42. The summed E-state index contributed by atoms with van der Waals surface area (Å²) in [6.07, 6.45) is 0.493. The summed E-state index contributed by atoms with van der Waals surface area (Å²) in [5.74, 6) is 0. The number of amides is 1. The van der Waals surface area contributed by atoms with E-state index < -0.39 is 11.3 Å². The average molecular weight is 301 g/mol. The van der Waals surface area contributed by atoms with Crippen molar-refractivity contribution < 1.29 is 19.0 Å². The fourth-order valence-corrected chi connectivity index (χ4v) is 2.80. The highest BCUT2D eigenvalue weighted by molar-refractivity contribution is 5.69. The maximum atomic E-state index is 12.5. The van der Waals surface area contributed by atoms with E-state index in [9.17, 15) is 4.79 Å². The van der Waals surface area contributed by atoms with E-state index in [0.717, 1.165) is 6.42 Å². The summed E-state index contributed by atoms with van der Waals surface area (Å²) in [6.45, 7) is 14.9. The Morgan fingerprint density at radius 2 is 1.86 bits per heavy atom. The van der Waals surface area contributed by atoms with Crippen molar-refractivity contribution in [1.82, 2.24) is 4.90 Å². The second-order valence-electron chi connectivity index (χ2n) is 8.06. The maximum absolute atomic E-state index is 12.5. The Morgan fingerprint density at radius 3 is 2.33 bits per heavy atom. The summed E-state index contributed by atoms with van der Waals surface area (Å²) in [7, 11) is 1.70. The van der Waals surface area contributed by atoms with Crippen LogP contribution in [0.5, 0.6) is 0 Å². The first-order valence-electron chi connectivity index (χ1n) is 7.53. The van der Waals surface area contributed by atoms with E-state index in [4.69, 9.17) is 14.2 Å². The van der Waals surface area contributed by atoms with Crippen molar-refractivity contribution in [2.75, 3.05) is 20.3 Å². The highest BCUT2D eigenvalue weighted by atomic mass is 16.6. The Bertz CT molecular complexity index is 371. The van der Waals surface area contributed by atoms with E-state index in [-0.39, 0.29) is 17.6 Å². The van der Waals surface area contributed by atoms with E-state index in [1.54, 1.807) is 12.0 Å². The number of nitrogens with zero attached hydrogens (tertiary/aromatic N) is 1. The lowest BCUT2D eigenvalue weighted by molar-refractivity contribution is -0.0642. The molecule has 1 aliphatic heterocycles. The van der Waals surface area contributed by atoms with Gasteiger partial charge in [0.15, 0.2) is 0 Å². The van der Waals surface area contributed by atoms with Crippen molar-refractivity contribution in [3.8, 4) is 0 Å². The molecule has 0 spiro atoms. The van der Waals surface area contributed by atoms with Crippen molar-refractivity contribution in [2.24, 2.45) is 5.41 Å². The lowest BCUT2D eigenvalue weighted by Crippen LogP contribution is -2.51. The van der Waals surface area contributed by atoms with Crippen molar-refractivity contribution in [3.63, 3.8) is 0 Å². The third-order valence-corrected chi connectivity index (χ3v) is 3.49. The summed E-state index contributed by atoms with van der Waals surface area (Å²) >= 11 is 0. The second kappa shape index (κ2) is 6.13. The van der Waals surface area contributed by atoms with Crippen molar-refractivity contribution in [2.45, 2.75) is 72.3 Å². The molecule has 1 fully saturated rings. The summed E-state index contributed by atoms with van der Waals surface area (Å²) in [4.78, 5) is 14.3. The van der Waals surface area contributed by atoms with Crippen molar-refractivity contribution in [1.29, 1.82) is 0 Å². The van der Waals surface area contributed by atoms with Gasteiger partial charge in [-0.25, -0.2) is 4.79 Å². The van der Waals surface area contributed by atoms with Gasteiger partial charge in [-0.3, -0.25) is 4.90 Å². The zero-order valence-corrected chi connectivity index (χ0v) is 14.8. The summed E-state index contributed by atoms with van der Waals surface area (Å²) in [5, 5.41) is 0. The Kier molecular flexibility index (Phi) is 5.32. The maximum Gasteiger partial charge on any atom is 0.412 e. The summed E-state index contributed by atoms with van der Waals surface area (Å²) in [6, 6.07) is -0.000000000000000444. The molecule has 0 aromatic carbocycles. The van der Waals surface area contributed by atoms with Crippen LogP contribution in [-0.2, 0) is 14.2 Å². The van der Waals surface area contributed by atoms with Gasteiger partial charge in [-0.2, -0.15) is 0 Å². The SMILES string of the molecule is COCC(C)(C)CC1COC(C)(C)N1C(=O)OC(C)(C)C. The fraction of sp³-hybridized carbons (Fsp3) is 0.938. The molecule has 0 N–H and O–H groups in total. The molecular formula is C16H31NO4. The van der Waals surface area contributed by atoms with Crippen LogP contribution in [0.1, 0.15) is 54.9 Å². The Labute approximate surface area is 128 Å². The number of hydrogen-bond donors (Lipinski definition) is 0.